The fourth-order valence-electron chi connectivity index (χ4n) is 1.31. The van der Waals surface area contributed by atoms with Crippen molar-refractivity contribution in [3.8, 4) is 5.75 Å². The second-order valence-electron chi connectivity index (χ2n) is 3.41. The molecular formula is C12H7Br2ClO2S. The Hall–Kier alpha value is -0.360. The largest absolute Gasteiger partial charge is 0.485 e. The number of halogens is 3. The number of carbonyl (C=O) groups excluding carboxylic acids is 1. The number of hydrogen-bond donors (Lipinski definition) is 0. The van der Waals surface area contributed by atoms with E-state index >= 15 is 0 Å². The fourth-order valence-corrected chi connectivity index (χ4v) is 4.35. The zero-order valence-electron chi connectivity index (χ0n) is 8.95. The molecule has 0 radical (unpaired) electrons. The molecule has 1 heterocycles. The van der Waals surface area contributed by atoms with Crippen molar-refractivity contribution in [2.45, 2.75) is 0 Å². The van der Waals surface area contributed by atoms with Crippen LogP contribution in [0.4, 0.5) is 0 Å². The van der Waals surface area contributed by atoms with Crippen molar-refractivity contribution in [3.05, 3.63) is 48.5 Å². The molecule has 0 fully saturated rings. The second kappa shape index (κ2) is 6.19. The molecule has 0 bridgehead atoms. The predicted molar refractivity (Wildman–Crippen MR) is 81.0 cm³/mol. The first-order valence-corrected chi connectivity index (χ1v) is 7.70. The van der Waals surface area contributed by atoms with Crippen LogP contribution < -0.4 is 4.74 Å². The maximum Gasteiger partial charge on any atom is 0.202 e. The maximum absolute atomic E-state index is 11.9. The summed E-state index contributed by atoms with van der Waals surface area (Å²) in [6, 6.07) is 8.74. The molecule has 0 aliphatic carbocycles. The van der Waals surface area contributed by atoms with E-state index in [4.69, 9.17) is 16.3 Å². The van der Waals surface area contributed by atoms with Crippen LogP contribution >= 0.6 is 54.8 Å². The maximum atomic E-state index is 11.9. The molecule has 0 N–H and O–H groups in total. The monoisotopic (exact) mass is 408 g/mol. The van der Waals surface area contributed by atoms with E-state index in [0.717, 1.165) is 7.57 Å². The van der Waals surface area contributed by atoms with E-state index in [1.807, 2.05) is 0 Å². The van der Waals surface area contributed by atoms with Crippen LogP contribution in [-0.4, -0.2) is 12.4 Å². The zero-order chi connectivity index (χ0) is 13.1. The quantitative estimate of drug-likeness (QED) is 0.649. The van der Waals surface area contributed by atoms with Crippen molar-refractivity contribution in [2.24, 2.45) is 0 Å². The molecule has 2 rings (SSSR count). The van der Waals surface area contributed by atoms with Crippen molar-refractivity contribution in [1.82, 2.24) is 0 Å². The van der Waals surface area contributed by atoms with Gasteiger partial charge in [0.2, 0.25) is 5.78 Å². The average Bonchev–Trinajstić information content (AvgIpc) is 2.66. The number of ketones is 1. The van der Waals surface area contributed by atoms with Gasteiger partial charge in [0.1, 0.15) is 5.75 Å². The highest BCUT2D eigenvalue weighted by atomic mass is 79.9. The summed E-state index contributed by atoms with van der Waals surface area (Å²) in [6.45, 7) is -0.0118. The van der Waals surface area contributed by atoms with Gasteiger partial charge < -0.3 is 4.74 Å². The van der Waals surface area contributed by atoms with Crippen molar-refractivity contribution in [3.63, 3.8) is 0 Å². The zero-order valence-corrected chi connectivity index (χ0v) is 13.7. The number of ether oxygens (including phenoxy) is 1. The van der Waals surface area contributed by atoms with E-state index in [0.29, 0.717) is 16.3 Å². The molecule has 0 spiro atoms. The van der Waals surface area contributed by atoms with Gasteiger partial charge in [-0.1, -0.05) is 17.7 Å². The first-order chi connectivity index (χ1) is 8.56. The molecule has 0 atom stereocenters. The van der Waals surface area contributed by atoms with Crippen LogP contribution in [0.3, 0.4) is 0 Å². The molecule has 18 heavy (non-hydrogen) atoms. The van der Waals surface area contributed by atoms with E-state index in [2.05, 4.69) is 31.9 Å². The summed E-state index contributed by atoms with van der Waals surface area (Å²) in [7, 11) is 0. The summed E-state index contributed by atoms with van der Waals surface area (Å²) in [6.07, 6.45) is 0. The molecule has 0 aliphatic heterocycles. The molecule has 94 valence electrons. The molecule has 6 heteroatoms. The van der Waals surface area contributed by atoms with Gasteiger partial charge in [-0.15, -0.1) is 11.3 Å². The molecule has 1 aromatic carbocycles. The Balaban J connectivity index is 2.03. The van der Waals surface area contributed by atoms with E-state index in [9.17, 15) is 4.79 Å². The lowest BCUT2D eigenvalue weighted by Gasteiger charge is -2.05. The van der Waals surface area contributed by atoms with Crippen LogP contribution in [-0.2, 0) is 0 Å². The summed E-state index contributed by atoms with van der Waals surface area (Å²) in [5.74, 6) is 0.505. The average molecular weight is 411 g/mol. The van der Waals surface area contributed by atoms with E-state index in [1.54, 1.807) is 30.3 Å². The number of benzene rings is 1. The fraction of sp³-hybridized carbons (Fsp3) is 0.0833. The van der Waals surface area contributed by atoms with Crippen molar-refractivity contribution in [2.75, 3.05) is 6.61 Å². The second-order valence-corrected chi connectivity index (χ2v) is 7.59. The number of thiophene rings is 1. The van der Waals surface area contributed by atoms with Crippen molar-refractivity contribution < 1.29 is 9.53 Å². The van der Waals surface area contributed by atoms with Gasteiger partial charge in [-0.3, -0.25) is 4.79 Å². The predicted octanol–water partition coefficient (Wildman–Crippen LogP) is 5.19. The molecule has 0 unspecified atom stereocenters. The number of hydrogen-bond acceptors (Lipinski definition) is 3. The van der Waals surface area contributed by atoms with Crippen LogP contribution in [0.25, 0.3) is 0 Å². The van der Waals surface area contributed by atoms with E-state index in [1.165, 1.54) is 11.3 Å². The normalized spacial score (nSPS) is 10.4. The molecule has 1 aromatic heterocycles. The molecule has 0 saturated heterocycles. The van der Waals surface area contributed by atoms with Gasteiger partial charge in [0, 0.05) is 10.6 Å². The van der Waals surface area contributed by atoms with Crippen molar-refractivity contribution >= 4 is 60.6 Å². The minimum Gasteiger partial charge on any atom is -0.485 e. The summed E-state index contributed by atoms with van der Waals surface area (Å²) >= 11 is 14.0. The molecular weight excluding hydrogens is 403 g/mol. The van der Waals surface area contributed by atoms with Crippen LogP contribution in [0, 0.1) is 0 Å². The highest BCUT2D eigenvalue weighted by Gasteiger charge is 2.14. The third kappa shape index (κ3) is 3.57. The standard InChI is InChI=1S/C12H7Br2ClO2S/c13-11-5-9(12(14)18-11)10(16)6-17-8-3-1-2-7(15)4-8/h1-5H,6H2. The summed E-state index contributed by atoms with van der Waals surface area (Å²) in [5, 5.41) is 0.583. The van der Waals surface area contributed by atoms with Crippen LogP contribution in [0.15, 0.2) is 37.9 Å². The van der Waals surface area contributed by atoms with E-state index < -0.39 is 0 Å². The Bertz CT molecular complexity index is 583. The number of Topliss-reactive ketones (excluding diaryl/α,β-unsaturated/α-hetero) is 1. The SMILES string of the molecule is O=C(COc1cccc(Cl)c1)c1cc(Br)sc1Br. The van der Waals surface area contributed by atoms with Gasteiger partial charge in [-0.05, 0) is 56.1 Å². The minimum atomic E-state index is -0.0798. The molecule has 0 saturated carbocycles. The lowest BCUT2D eigenvalue weighted by molar-refractivity contribution is 0.0921. The Morgan fingerprint density at radius 3 is 2.72 bits per heavy atom. The lowest BCUT2D eigenvalue weighted by Crippen LogP contribution is -2.11. The Labute approximate surface area is 130 Å². The van der Waals surface area contributed by atoms with Gasteiger partial charge in [0.25, 0.3) is 0 Å². The molecule has 0 aliphatic rings. The van der Waals surface area contributed by atoms with Gasteiger partial charge in [-0.25, -0.2) is 0 Å². The first-order valence-electron chi connectivity index (χ1n) is 4.92. The summed E-state index contributed by atoms with van der Waals surface area (Å²) < 4.78 is 7.11. The highest BCUT2D eigenvalue weighted by molar-refractivity contribution is 9.12. The Morgan fingerprint density at radius 2 is 2.11 bits per heavy atom. The van der Waals surface area contributed by atoms with Gasteiger partial charge in [-0.2, -0.15) is 0 Å². The third-order valence-corrected chi connectivity index (χ3v) is 4.70. The topological polar surface area (TPSA) is 26.3 Å². The van der Waals surface area contributed by atoms with Crippen LogP contribution in [0.2, 0.25) is 5.02 Å². The third-order valence-electron chi connectivity index (χ3n) is 2.12. The van der Waals surface area contributed by atoms with Crippen LogP contribution in [0.5, 0.6) is 5.75 Å². The summed E-state index contributed by atoms with van der Waals surface area (Å²) in [4.78, 5) is 11.9. The Kier molecular flexibility index (Phi) is 4.84. The Morgan fingerprint density at radius 1 is 1.33 bits per heavy atom. The van der Waals surface area contributed by atoms with Gasteiger partial charge in [0.05, 0.1) is 7.57 Å². The minimum absolute atomic E-state index is 0.0118. The van der Waals surface area contributed by atoms with Gasteiger partial charge in [0.15, 0.2) is 6.61 Å². The van der Waals surface area contributed by atoms with E-state index in [-0.39, 0.29) is 12.4 Å². The smallest absolute Gasteiger partial charge is 0.202 e. The number of rotatable bonds is 4. The van der Waals surface area contributed by atoms with Gasteiger partial charge >= 0.3 is 0 Å². The highest BCUT2D eigenvalue weighted by Crippen LogP contribution is 2.32. The first kappa shape index (κ1) is 14.1. The molecule has 2 aromatic rings. The molecule has 0 amide bonds. The summed E-state index contributed by atoms with van der Waals surface area (Å²) in [5.41, 5.74) is 0.619. The lowest BCUT2D eigenvalue weighted by atomic mass is 10.2. The molecule has 2 nitrogen and oxygen atoms in total. The van der Waals surface area contributed by atoms with Crippen molar-refractivity contribution in [1.29, 1.82) is 0 Å². The number of carbonyl (C=O) groups is 1. The van der Waals surface area contributed by atoms with Crippen LogP contribution in [0.1, 0.15) is 10.4 Å².